The van der Waals surface area contributed by atoms with Crippen molar-refractivity contribution in [2.75, 3.05) is 0 Å². The van der Waals surface area contributed by atoms with Crippen molar-refractivity contribution in [2.45, 2.75) is 13.3 Å². The summed E-state index contributed by atoms with van der Waals surface area (Å²) in [5.41, 5.74) is 1.97. The number of aromatic amines is 1. The van der Waals surface area contributed by atoms with Gasteiger partial charge in [-0.25, -0.2) is 4.98 Å². The van der Waals surface area contributed by atoms with Gasteiger partial charge in [0.25, 0.3) is 0 Å². The Hall–Kier alpha value is -2.17. The lowest BCUT2D eigenvalue weighted by molar-refractivity contribution is -0.136. The van der Waals surface area contributed by atoms with E-state index >= 15 is 0 Å². The van der Waals surface area contributed by atoms with Crippen LogP contribution in [0.1, 0.15) is 11.4 Å². The standard InChI is InChI=1S/C11H11N3O2/c1-7-4-2-3-5-8(7)11-12-9(13-14-11)6-10(15)16/h2-5H,6H2,1H3,(H,15,16)(H,12,13,14). The van der Waals surface area contributed by atoms with E-state index in [0.29, 0.717) is 11.6 Å². The summed E-state index contributed by atoms with van der Waals surface area (Å²) in [6.07, 6.45) is -0.140. The van der Waals surface area contributed by atoms with Crippen molar-refractivity contribution in [3.8, 4) is 11.4 Å². The minimum Gasteiger partial charge on any atom is -0.481 e. The van der Waals surface area contributed by atoms with Gasteiger partial charge in [0.05, 0.1) is 0 Å². The average molecular weight is 217 g/mol. The highest BCUT2D eigenvalue weighted by atomic mass is 16.4. The zero-order valence-electron chi connectivity index (χ0n) is 8.77. The molecule has 0 bridgehead atoms. The molecule has 0 amide bonds. The fraction of sp³-hybridized carbons (Fsp3) is 0.182. The van der Waals surface area contributed by atoms with E-state index in [0.717, 1.165) is 11.1 Å². The molecule has 1 aromatic carbocycles. The summed E-state index contributed by atoms with van der Waals surface area (Å²) in [7, 11) is 0. The SMILES string of the molecule is Cc1ccccc1-c1n[nH]c(CC(=O)O)n1. The maximum absolute atomic E-state index is 10.5. The quantitative estimate of drug-likeness (QED) is 0.814. The highest BCUT2D eigenvalue weighted by Crippen LogP contribution is 2.18. The van der Waals surface area contributed by atoms with E-state index in [9.17, 15) is 4.79 Å². The topological polar surface area (TPSA) is 78.9 Å². The number of aliphatic carboxylic acids is 1. The monoisotopic (exact) mass is 217 g/mol. The van der Waals surface area contributed by atoms with Gasteiger partial charge < -0.3 is 5.11 Å². The average Bonchev–Trinajstić information content (AvgIpc) is 2.66. The molecule has 1 heterocycles. The molecule has 0 radical (unpaired) electrons. The number of carbonyl (C=O) groups is 1. The smallest absolute Gasteiger partial charge is 0.311 e. The lowest BCUT2D eigenvalue weighted by Crippen LogP contribution is -2.01. The summed E-state index contributed by atoms with van der Waals surface area (Å²) in [5, 5.41) is 15.2. The number of carboxylic acid groups (broad SMARTS) is 1. The second kappa shape index (κ2) is 4.14. The van der Waals surface area contributed by atoms with Gasteiger partial charge in [-0.15, -0.1) is 0 Å². The first-order valence-electron chi connectivity index (χ1n) is 4.86. The Morgan fingerprint density at radius 1 is 1.44 bits per heavy atom. The zero-order chi connectivity index (χ0) is 11.5. The van der Waals surface area contributed by atoms with Crippen molar-refractivity contribution in [2.24, 2.45) is 0 Å². The van der Waals surface area contributed by atoms with E-state index in [1.54, 1.807) is 0 Å². The highest BCUT2D eigenvalue weighted by molar-refractivity contribution is 5.69. The van der Waals surface area contributed by atoms with Crippen molar-refractivity contribution in [1.29, 1.82) is 0 Å². The van der Waals surface area contributed by atoms with E-state index in [1.807, 2.05) is 31.2 Å². The Kier molecular flexibility index (Phi) is 2.68. The lowest BCUT2D eigenvalue weighted by atomic mass is 10.1. The molecule has 0 unspecified atom stereocenters. The van der Waals surface area contributed by atoms with Crippen LogP contribution in [-0.2, 0) is 11.2 Å². The Bertz CT molecular complexity index is 519. The van der Waals surface area contributed by atoms with Crippen LogP contribution in [0.4, 0.5) is 0 Å². The van der Waals surface area contributed by atoms with Gasteiger partial charge in [0.1, 0.15) is 12.2 Å². The number of hydrogen-bond acceptors (Lipinski definition) is 3. The molecule has 0 atom stereocenters. The molecule has 16 heavy (non-hydrogen) atoms. The van der Waals surface area contributed by atoms with Gasteiger partial charge in [0.2, 0.25) is 0 Å². The molecule has 1 aromatic heterocycles. The first-order valence-corrected chi connectivity index (χ1v) is 4.86. The summed E-state index contributed by atoms with van der Waals surface area (Å²) >= 11 is 0. The third kappa shape index (κ3) is 2.08. The first-order chi connectivity index (χ1) is 7.66. The molecule has 0 aliphatic heterocycles. The highest BCUT2D eigenvalue weighted by Gasteiger charge is 2.09. The van der Waals surface area contributed by atoms with Gasteiger partial charge >= 0.3 is 5.97 Å². The molecular formula is C11H11N3O2. The van der Waals surface area contributed by atoms with Crippen LogP contribution in [0.15, 0.2) is 24.3 Å². The van der Waals surface area contributed by atoms with Gasteiger partial charge in [0.15, 0.2) is 5.82 Å². The third-order valence-corrected chi connectivity index (χ3v) is 2.24. The number of aryl methyl sites for hydroxylation is 1. The van der Waals surface area contributed by atoms with E-state index in [-0.39, 0.29) is 6.42 Å². The van der Waals surface area contributed by atoms with Crippen molar-refractivity contribution in [3.05, 3.63) is 35.7 Å². The maximum Gasteiger partial charge on any atom is 0.311 e. The molecular weight excluding hydrogens is 206 g/mol. The summed E-state index contributed by atoms with van der Waals surface area (Å²) in [6.45, 7) is 1.96. The summed E-state index contributed by atoms with van der Waals surface area (Å²) in [6, 6.07) is 7.70. The van der Waals surface area contributed by atoms with E-state index < -0.39 is 5.97 Å². The Labute approximate surface area is 92.2 Å². The molecule has 2 rings (SSSR count). The molecule has 0 saturated carbocycles. The van der Waals surface area contributed by atoms with Crippen LogP contribution in [0.2, 0.25) is 0 Å². The molecule has 5 nitrogen and oxygen atoms in total. The second-order valence-corrected chi connectivity index (χ2v) is 3.49. The van der Waals surface area contributed by atoms with Crippen LogP contribution in [0.3, 0.4) is 0 Å². The van der Waals surface area contributed by atoms with E-state index in [2.05, 4.69) is 15.2 Å². The summed E-state index contributed by atoms with van der Waals surface area (Å²) in [4.78, 5) is 14.6. The number of nitrogens with one attached hydrogen (secondary N) is 1. The Morgan fingerprint density at radius 3 is 2.88 bits per heavy atom. The van der Waals surface area contributed by atoms with Gasteiger partial charge in [-0.1, -0.05) is 24.3 Å². The van der Waals surface area contributed by atoms with Crippen molar-refractivity contribution in [1.82, 2.24) is 15.2 Å². The van der Waals surface area contributed by atoms with Crippen LogP contribution in [0.5, 0.6) is 0 Å². The van der Waals surface area contributed by atoms with Crippen LogP contribution >= 0.6 is 0 Å². The van der Waals surface area contributed by atoms with Crippen LogP contribution in [-0.4, -0.2) is 26.3 Å². The van der Waals surface area contributed by atoms with Crippen molar-refractivity contribution < 1.29 is 9.90 Å². The van der Waals surface area contributed by atoms with Crippen LogP contribution in [0, 0.1) is 6.92 Å². The van der Waals surface area contributed by atoms with Gasteiger partial charge in [-0.2, -0.15) is 5.10 Å². The lowest BCUT2D eigenvalue weighted by Gasteiger charge is -1.98. The molecule has 2 N–H and O–H groups in total. The van der Waals surface area contributed by atoms with E-state index in [1.165, 1.54) is 0 Å². The number of carboxylic acids is 1. The number of rotatable bonds is 3. The van der Waals surface area contributed by atoms with E-state index in [4.69, 9.17) is 5.11 Å². The summed E-state index contributed by atoms with van der Waals surface area (Å²) < 4.78 is 0. The third-order valence-electron chi connectivity index (χ3n) is 2.24. The minimum atomic E-state index is -0.924. The zero-order valence-corrected chi connectivity index (χ0v) is 8.77. The molecule has 0 aliphatic carbocycles. The molecule has 0 aliphatic rings. The largest absolute Gasteiger partial charge is 0.481 e. The van der Waals surface area contributed by atoms with Gasteiger partial charge in [-0.3, -0.25) is 9.89 Å². The fourth-order valence-corrected chi connectivity index (χ4v) is 1.46. The molecule has 2 aromatic rings. The van der Waals surface area contributed by atoms with Crippen LogP contribution < -0.4 is 0 Å². The van der Waals surface area contributed by atoms with Crippen molar-refractivity contribution in [3.63, 3.8) is 0 Å². The predicted molar refractivity (Wildman–Crippen MR) is 57.9 cm³/mol. The molecule has 0 fully saturated rings. The second-order valence-electron chi connectivity index (χ2n) is 3.49. The van der Waals surface area contributed by atoms with Gasteiger partial charge in [-0.05, 0) is 12.5 Å². The number of hydrogen-bond donors (Lipinski definition) is 2. The first kappa shape index (κ1) is 10.4. The number of H-pyrrole nitrogens is 1. The van der Waals surface area contributed by atoms with Gasteiger partial charge in [0, 0.05) is 5.56 Å². The number of aromatic nitrogens is 3. The Morgan fingerprint density at radius 2 is 2.19 bits per heavy atom. The minimum absolute atomic E-state index is 0.140. The summed E-state index contributed by atoms with van der Waals surface area (Å²) in [5.74, 6) is -0.0208. The number of benzene rings is 1. The van der Waals surface area contributed by atoms with Crippen molar-refractivity contribution >= 4 is 5.97 Å². The number of nitrogens with zero attached hydrogens (tertiary/aromatic N) is 2. The molecule has 5 heteroatoms. The molecule has 0 saturated heterocycles. The molecule has 82 valence electrons. The predicted octanol–water partition coefficient (Wildman–Crippen LogP) is 1.41. The Balaban J connectivity index is 2.32. The fourth-order valence-electron chi connectivity index (χ4n) is 1.46. The van der Waals surface area contributed by atoms with Crippen LogP contribution in [0.25, 0.3) is 11.4 Å². The molecule has 0 spiro atoms. The normalized spacial score (nSPS) is 10.3. The maximum atomic E-state index is 10.5.